The Kier molecular flexibility index (Phi) is 1.40. The van der Waals surface area contributed by atoms with E-state index < -0.39 is 0 Å². The van der Waals surface area contributed by atoms with Crippen molar-refractivity contribution < 1.29 is 0 Å². The van der Waals surface area contributed by atoms with Crippen LogP contribution in [0.25, 0.3) is 10.9 Å². The third kappa shape index (κ3) is 0.971. The van der Waals surface area contributed by atoms with Gasteiger partial charge in [-0.05, 0) is 6.07 Å². The maximum atomic E-state index is 4.13. The summed E-state index contributed by atoms with van der Waals surface area (Å²) < 4.78 is 0. The number of H-pyrrole nitrogens is 1. The lowest BCUT2D eigenvalue weighted by Gasteiger charge is -2.11. The molecule has 0 aliphatic carbocycles. The summed E-state index contributed by atoms with van der Waals surface area (Å²) in [5.74, 6) is 0. The highest BCUT2D eigenvalue weighted by Gasteiger charge is 2.14. The number of hydrogen-bond donors (Lipinski definition) is 2. The van der Waals surface area contributed by atoms with Crippen LogP contribution < -0.4 is 5.32 Å². The van der Waals surface area contributed by atoms with Gasteiger partial charge in [0.1, 0.15) is 0 Å². The molecule has 0 atom stereocenters. The van der Waals surface area contributed by atoms with Crippen molar-refractivity contribution in [1.82, 2.24) is 15.3 Å². The fourth-order valence-electron chi connectivity index (χ4n) is 1.84. The Balaban J connectivity index is 2.34. The molecular formula is C10H10N3. The highest BCUT2D eigenvalue weighted by atomic mass is 14.9. The molecule has 65 valence electrons. The smallest absolute Gasteiger partial charge is 0.0544 e. The lowest BCUT2D eigenvalue weighted by atomic mass is 10.1. The van der Waals surface area contributed by atoms with Crippen LogP contribution in [0, 0.1) is 6.54 Å². The molecule has 0 bridgehead atoms. The number of nitrogens with zero attached hydrogens (tertiary/aromatic N) is 1. The zero-order chi connectivity index (χ0) is 8.67. The van der Waals surface area contributed by atoms with Crippen LogP contribution in [0.1, 0.15) is 11.3 Å². The molecule has 2 aromatic rings. The van der Waals surface area contributed by atoms with Crippen molar-refractivity contribution in [2.45, 2.75) is 6.42 Å². The van der Waals surface area contributed by atoms with Crippen LogP contribution in [0.3, 0.4) is 0 Å². The Bertz CT molecular complexity index is 444. The van der Waals surface area contributed by atoms with E-state index in [1.807, 2.05) is 18.5 Å². The van der Waals surface area contributed by atoms with E-state index in [1.54, 1.807) is 0 Å². The number of pyridine rings is 1. The predicted octanol–water partition coefficient (Wildman–Crippen LogP) is 1.22. The van der Waals surface area contributed by atoms with Crippen LogP contribution in [0.4, 0.5) is 0 Å². The third-order valence-corrected chi connectivity index (χ3v) is 2.49. The first kappa shape index (κ1) is 7.09. The predicted molar refractivity (Wildman–Crippen MR) is 51.2 cm³/mol. The molecule has 0 unspecified atom stereocenters. The van der Waals surface area contributed by atoms with Crippen LogP contribution in [0.2, 0.25) is 0 Å². The van der Waals surface area contributed by atoms with Crippen LogP contribution in [0.5, 0.6) is 0 Å². The lowest BCUT2D eigenvalue weighted by Crippen LogP contribution is -2.20. The summed E-state index contributed by atoms with van der Waals surface area (Å²) in [4.78, 5) is 7.53. The highest BCUT2D eigenvalue weighted by molar-refractivity contribution is 5.85. The average molecular weight is 172 g/mol. The molecule has 3 heteroatoms. The van der Waals surface area contributed by atoms with Gasteiger partial charge < -0.3 is 10.3 Å². The molecule has 1 radical (unpaired) electrons. The molecule has 3 heterocycles. The lowest BCUT2D eigenvalue weighted by molar-refractivity contribution is 0.744. The van der Waals surface area contributed by atoms with E-state index in [-0.39, 0.29) is 0 Å². The first-order valence-electron chi connectivity index (χ1n) is 4.46. The summed E-state index contributed by atoms with van der Waals surface area (Å²) in [5, 5.41) is 4.46. The van der Waals surface area contributed by atoms with E-state index in [2.05, 4.69) is 21.8 Å². The molecule has 0 amide bonds. The zero-order valence-electron chi connectivity index (χ0n) is 7.17. The maximum absolute atomic E-state index is 4.13. The number of fused-ring (bicyclic) bond motifs is 3. The Labute approximate surface area is 76.2 Å². The van der Waals surface area contributed by atoms with Crippen molar-refractivity contribution in [3.63, 3.8) is 0 Å². The van der Waals surface area contributed by atoms with Gasteiger partial charge in [-0.3, -0.25) is 4.98 Å². The van der Waals surface area contributed by atoms with Gasteiger partial charge in [0.15, 0.2) is 0 Å². The molecule has 3 rings (SSSR count). The monoisotopic (exact) mass is 172 g/mol. The summed E-state index contributed by atoms with van der Waals surface area (Å²) in [7, 11) is 0. The fourth-order valence-corrected chi connectivity index (χ4v) is 1.84. The summed E-state index contributed by atoms with van der Waals surface area (Å²) in [6.45, 7) is 3.09. The first-order chi connectivity index (χ1) is 6.45. The van der Waals surface area contributed by atoms with E-state index in [0.717, 1.165) is 13.0 Å². The molecular weight excluding hydrogens is 162 g/mol. The second-order valence-electron chi connectivity index (χ2n) is 3.29. The van der Waals surface area contributed by atoms with E-state index in [9.17, 15) is 0 Å². The van der Waals surface area contributed by atoms with Crippen LogP contribution in [0.15, 0.2) is 18.5 Å². The average Bonchev–Trinajstić information content (AvgIpc) is 2.56. The van der Waals surface area contributed by atoms with Crippen molar-refractivity contribution in [3.05, 3.63) is 36.3 Å². The Morgan fingerprint density at radius 1 is 1.38 bits per heavy atom. The number of hydrogen-bond acceptors (Lipinski definition) is 2. The van der Waals surface area contributed by atoms with Crippen molar-refractivity contribution >= 4 is 10.9 Å². The van der Waals surface area contributed by atoms with Gasteiger partial charge in [-0.15, -0.1) is 0 Å². The van der Waals surface area contributed by atoms with Gasteiger partial charge in [-0.2, -0.15) is 0 Å². The van der Waals surface area contributed by atoms with E-state index in [1.165, 1.54) is 22.2 Å². The number of aromatic nitrogens is 2. The molecule has 0 aromatic carbocycles. The molecule has 0 fully saturated rings. The Morgan fingerprint density at radius 2 is 2.38 bits per heavy atom. The molecule has 0 saturated heterocycles. The normalized spacial score (nSPS) is 16.0. The van der Waals surface area contributed by atoms with Crippen molar-refractivity contribution in [3.8, 4) is 0 Å². The van der Waals surface area contributed by atoms with E-state index in [0.29, 0.717) is 0 Å². The standard InChI is InChI=1S/C10H10N3/c1-3-11-5-7-8-6-12-4-2-10(8)13-9(1)7/h1,3,5-6,12-13H,2,4H2. The molecule has 0 saturated carbocycles. The summed E-state index contributed by atoms with van der Waals surface area (Å²) >= 11 is 0. The number of nitrogens with one attached hydrogen (secondary N) is 2. The van der Waals surface area contributed by atoms with Gasteiger partial charge in [0, 0.05) is 47.5 Å². The summed E-state index contributed by atoms with van der Waals surface area (Å²) in [5.41, 5.74) is 3.77. The number of rotatable bonds is 0. The summed E-state index contributed by atoms with van der Waals surface area (Å²) in [6.07, 6.45) is 4.80. The van der Waals surface area contributed by atoms with Gasteiger partial charge in [-0.25, -0.2) is 0 Å². The SMILES string of the molecule is [CH]1NCCc2[nH]c3ccncc3c21. The highest BCUT2D eigenvalue weighted by Crippen LogP contribution is 2.24. The topological polar surface area (TPSA) is 40.7 Å². The summed E-state index contributed by atoms with van der Waals surface area (Å²) in [6, 6.07) is 2.02. The minimum atomic E-state index is 1.02. The Hall–Kier alpha value is -1.35. The van der Waals surface area contributed by atoms with Crippen molar-refractivity contribution in [1.29, 1.82) is 0 Å². The van der Waals surface area contributed by atoms with Crippen molar-refractivity contribution in [2.75, 3.05) is 6.54 Å². The second-order valence-corrected chi connectivity index (χ2v) is 3.29. The van der Waals surface area contributed by atoms with Gasteiger partial charge in [0.25, 0.3) is 0 Å². The first-order valence-corrected chi connectivity index (χ1v) is 4.46. The largest absolute Gasteiger partial charge is 0.358 e. The second kappa shape index (κ2) is 2.57. The van der Waals surface area contributed by atoms with Crippen LogP contribution in [-0.4, -0.2) is 16.5 Å². The number of aromatic amines is 1. The molecule has 2 aromatic heterocycles. The van der Waals surface area contributed by atoms with Gasteiger partial charge in [-0.1, -0.05) is 0 Å². The van der Waals surface area contributed by atoms with E-state index in [4.69, 9.17) is 0 Å². The molecule has 3 nitrogen and oxygen atoms in total. The molecule has 13 heavy (non-hydrogen) atoms. The zero-order valence-corrected chi connectivity index (χ0v) is 7.17. The molecule has 0 spiro atoms. The van der Waals surface area contributed by atoms with Crippen LogP contribution >= 0.6 is 0 Å². The van der Waals surface area contributed by atoms with Gasteiger partial charge in [0.05, 0.1) is 6.54 Å². The molecule has 2 N–H and O–H groups in total. The van der Waals surface area contributed by atoms with Gasteiger partial charge >= 0.3 is 0 Å². The molecule has 1 aliphatic heterocycles. The fraction of sp³-hybridized carbons (Fsp3) is 0.200. The minimum absolute atomic E-state index is 1.02. The van der Waals surface area contributed by atoms with E-state index >= 15 is 0 Å². The maximum Gasteiger partial charge on any atom is 0.0544 e. The minimum Gasteiger partial charge on any atom is -0.358 e. The molecule has 1 aliphatic rings. The quantitative estimate of drug-likeness (QED) is 0.627. The van der Waals surface area contributed by atoms with Gasteiger partial charge in [0.2, 0.25) is 0 Å². The van der Waals surface area contributed by atoms with Crippen molar-refractivity contribution in [2.24, 2.45) is 0 Å². The Morgan fingerprint density at radius 3 is 3.38 bits per heavy atom. The third-order valence-electron chi connectivity index (χ3n) is 2.49. The van der Waals surface area contributed by atoms with Crippen LogP contribution in [-0.2, 0) is 6.42 Å².